The zero-order valence-electron chi connectivity index (χ0n) is 12.1. The zero-order valence-corrected chi connectivity index (χ0v) is 13.0. The topological polar surface area (TPSA) is 73.8 Å². The van der Waals surface area contributed by atoms with Crippen LogP contribution >= 0.6 is 11.3 Å². The minimum atomic E-state index is -0.0986. The van der Waals surface area contributed by atoms with E-state index in [2.05, 4.69) is 23.9 Å². The van der Waals surface area contributed by atoms with E-state index in [-0.39, 0.29) is 17.0 Å². The first-order valence-corrected chi connectivity index (χ1v) is 7.87. The van der Waals surface area contributed by atoms with Crippen molar-refractivity contribution in [2.45, 2.75) is 52.5 Å². The average molecular weight is 292 g/mol. The summed E-state index contributed by atoms with van der Waals surface area (Å²) in [6.45, 7) is 6.37. The number of nitrogens with two attached hydrogens (primary N) is 1. The zero-order chi connectivity index (χ0) is 14.5. The Morgan fingerprint density at radius 2 is 2.15 bits per heavy atom. The lowest BCUT2D eigenvalue weighted by atomic mass is 9.73. The number of aromatic nitrogens is 3. The van der Waals surface area contributed by atoms with Crippen molar-refractivity contribution in [3.05, 3.63) is 16.0 Å². The van der Waals surface area contributed by atoms with E-state index in [1.807, 2.05) is 6.92 Å². The molecule has 0 aromatic carbocycles. The molecular weight excluding hydrogens is 272 g/mol. The molecule has 0 unspecified atom stereocenters. The first-order valence-electron chi connectivity index (χ1n) is 7.05. The summed E-state index contributed by atoms with van der Waals surface area (Å²) in [6, 6.07) is 0.148. The summed E-state index contributed by atoms with van der Waals surface area (Å²) in [5.41, 5.74) is 7.05. The Morgan fingerprint density at radius 3 is 2.85 bits per heavy atom. The summed E-state index contributed by atoms with van der Waals surface area (Å²) in [5.74, 6) is 0. The second-order valence-corrected chi connectivity index (χ2v) is 7.35. The molecule has 108 valence electrons. The second-order valence-electron chi connectivity index (χ2n) is 6.32. The maximum absolute atomic E-state index is 12.7. The summed E-state index contributed by atoms with van der Waals surface area (Å²) in [5, 5.41) is 4.99. The van der Waals surface area contributed by atoms with E-state index in [4.69, 9.17) is 5.73 Å². The van der Waals surface area contributed by atoms with Gasteiger partial charge < -0.3 is 5.73 Å². The van der Waals surface area contributed by atoms with Gasteiger partial charge in [0.2, 0.25) is 0 Å². The van der Waals surface area contributed by atoms with Crippen LogP contribution in [-0.2, 0) is 0 Å². The third-order valence-electron chi connectivity index (χ3n) is 4.39. The molecule has 0 radical (unpaired) electrons. The lowest BCUT2D eigenvalue weighted by Crippen LogP contribution is -2.38. The number of hydrogen-bond donors (Lipinski definition) is 1. The predicted molar refractivity (Wildman–Crippen MR) is 82.1 cm³/mol. The van der Waals surface area contributed by atoms with Gasteiger partial charge in [-0.3, -0.25) is 4.79 Å². The molecule has 0 aliphatic heterocycles. The molecule has 1 aliphatic rings. The molecule has 1 fully saturated rings. The second kappa shape index (κ2) is 4.55. The standard InChI is InChI=1S/C14H20N4OS/c1-8-11-10(16-13(15)20-11)12(19)18(17-8)9-6-4-5-7-14(9,2)3/h9H,4-7H2,1-3H3,(H2,15,16)/t9-/m0/s1. The van der Waals surface area contributed by atoms with Gasteiger partial charge in [0, 0.05) is 0 Å². The molecule has 3 rings (SSSR count). The number of fused-ring (bicyclic) bond motifs is 1. The Bertz CT molecular complexity index is 716. The van der Waals surface area contributed by atoms with Gasteiger partial charge in [0.15, 0.2) is 10.6 Å². The van der Waals surface area contributed by atoms with Crippen molar-refractivity contribution in [3.8, 4) is 0 Å². The van der Waals surface area contributed by atoms with Crippen LogP contribution in [0.15, 0.2) is 4.79 Å². The van der Waals surface area contributed by atoms with Gasteiger partial charge in [-0.05, 0) is 25.2 Å². The minimum absolute atomic E-state index is 0.0940. The fourth-order valence-electron chi connectivity index (χ4n) is 3.23. The molecule has 5 nitrogen and oxygen atoms in total. The molecule has 0 bridgehead atoms. The van der Waals surface area contributed by atoms with Crippen molar-refractivity contribution in [2.75, 3.05) is 5.73 Å². The first-order chi connectivity index (χ1) is 9.40. The number of anilines is 1. The molecular formula is C14H20N4OS. The van der Waals surface area contributed by atoms with Gasteiger partial charge in [-0.15, -0.1) is 0 Å². The summed E-state index contributed by atoms with van der Waals surface area (Å²) in [7, 11) is 0. The van der Waals surface area contributed by atoms with Crippen LogP contribution in [0, 0.1) is 12.3 Å². The molecule has 1 saturated carbocycles. The normalized spacial score (nSPS) is 22.2. The van der Waals surface area contributed by atoms with E-state index in [9.17, 15) is 4.79 Å². The van der Waals surface area contributed by atoms with Gasteiger partial charge >= 0.3 is 0 Å². The van der Waals surface area contributed by atoms with Gasteiger partial charge in [-0.2, -0.15) is 5.10 Å². The molecule has 0 saturated heterocycles. The minimum Gasteiger partial charge on any atom is -0.375 e. The summed E-state index contributed by atoms with van der Waals surface area (Å²) in [6.07, 6.45) is 4.51. The van der Waals surface area contributed by atoms with Gasteiger partial charge in [0.1, 0.15) is 0 Å². The maximum Gasteiger partial charge on any atom is 0.294 e. The average Bonchev–Trinajstić information content (AvgIpc) is 2.77. The summed E-state index contributed by atoms with van der Waals surface area (Å²) >= 11 is 1.34. The molecule has 1 atom stereocenters. The van der Waals surface area contributed by atoms with E-state index >= 15 is 0 Å². The van der Waals surface area contributed by atoms with Crippen LogP contribution in [0.5, 0.6) is 0 Å². The highest BCUT2D eigenvalue weighted by molar-refractivity contribution is 7.22. The van der Waals surface area contributed by atoms with Crippen LogP contribution < -0.4 is 11.3 Å². The Labute approximate surface area is 121 Å². The van der Waals surface area contributed by atoms with Crippen molar-refractivity contribution in [3.63, 3.8) is 0 Å². The van der Waals surface area contributed by atoms with Gasteiger partial charge in [0.25, 0.3) is 5.56 Å². The van der Waals surface area contributed by atoms with E-state index in [0.29, 0.717) is 10.6 Å². The van der Waals surface area contributed by atoms with Crippen LogP contribution in [0.2, 0.25) is 0 Å². The quantitative estimate of drug-likeness (QED) is 0.877. The smallest absolute Gasteiger partial charge is 0.294 e. The molecule has 2 aromatic heterocycles. The Balaban J connectivity index is 2.21. The van der Waals surface area contributed by atoms with Crippen LogP contribution in [0.25, 0.3) is 10.2 Å². The van der Waals surface area contributed by atoms with Crippen molar-refractivity contribution in [1.29, 1.82) is 0 Å². The number of nitrogen functional groups attached to an aromatic ring is 1. The van der Waals surface area contributed by atoms with Gasteiger partial charge in [0.05, 0.1) is 16.4 Å². The number of aryl methyl sites for hydroxylation is 1. The molecule has 2 aromatic rings. The Kier molecular flexibility index (Phi) is 3.08. The third kappa shape index (κ3) is 2.02. The highest BCUT2D eigenvalue weighted by Gasteiger charge is 2.35. The number of hydrogen-bond acceptors (Lipinski definition) is 5. The van der Waals surface area contributed by atoms with E-state index in [0.717, 1.165) is 29.7 Å². The fraction of sp³-hybridized carbons (Fsp3) is 0.643. The van der Waals surface area contributed by atoms with Crippen LogP contribution in [0.3, 0.4) is 0 Å². The molecule has 2 N–H and O–H groups in total. The van der Waals surface area contributed by atoms with Crippen molar-refractivity contribution in [1.82, 2.24) is 14.8 Å². The summed E-state index contributed by atoms with van der Waals surface area (Å²) < 4.78 is 2.48. The van der Waals surface area contributed by atoms with E-state index < -0.39 is 0 Å². The highest BCUT2D eigenvalue weighted by atomic mass is 32.1. The van der Waals surface area contributed by atoms with Crippen molar-refractivity contribution in [2.24, 2.45) is 5.41 Å². The van der Waals surface area contributed by atoms with Crippen LogP contribution in [-0.4, -0.2) is 14.8 Å². The lowest BCUT2D eigenvalue weighted by Gasteiger charge is -2.38. The molecule has 6 heteroatoms. The molecule has 0 spiro atoms. The van der Waals surface area contributed by atoms with Crippen LogP contribution in [0.1, 0.15) is 51.3 Å². The highest BCUT2D eigenvalue weighted by Crippen LogP contribution is 2.43. The molecule has 2 heterocycles. The third-order valence-corrected chi connectivity index (χ3v) is 5.38. The molecule has 1 aliphatic carbocycles. The van der Waals surface area contributed by atoms with E-state index in [1.54, 1.807) is 4.68 Å². The Morgan fingerprint density at radius 1 is 1.40 bits per heavy atom. The van der Waals surface area contributed by atoms with Crippen molar-refractivity contribution < 1.29 is 0 Å². The number of thiazole rings is 1. The van der Waals surface area contributed by atoms with Crippen LogP contribution in [0.4, 0.5) is 5.13 Å². The summed E-state index contributed by atoms with van der Waals surface area (Å²) in [4.78, 5) is 16.9. The largest absolute Gasteiger partial charge is 0.375 e. The monoisotopic (exact) mass is 292 g/mol. The predicted octanol–water partition coefficient (Wildman–Crippen LogP) is 2.88. The van der Waals surface area contributed by atoms with Crippen molar-refractivity contribution >= 4 is 26.7 Å². The molecule has 0 amide bonds. The number of nitrogens with zero attached hydrogens (tertiary/aromatic N) is 3. The van der Waals surface area contributed by atoms with Gasteiger partial charge in [-0.25, -0.2) is 9.67 Å². The first kappa shape index (κ1) is 13.5. The molecule has 20 heavy (non-hydrogen) atoms. The van der Waals surface area contributed by atoms with Gasteiger partial charge in [-0.1, -0.05) is 38.0 Å². The Hall–Kier alpha value is -1.43. The maximum atomic E-state index is 12.7. The lowest BCUT2D eigenvalue weighted by molar-refractivity contribution is 0.128. The van der Waals surface area contributed by atoms with E-state index in [1.165, 1.54) is 17.8 Å². The SMILES string of the molecule is Cc1nn([C@H]2CCCCC2(C)C)c(=O)c2nc(N)sc12. The number of rotatable bonds is 1. The fourth-order valence-corrected chi connectivity index (χ4v) is 3.99.